The molecule has 0 fully saturated rings. The predicted molar refractivity (Wildman–Crippen MR) is 75.7 cm³/mol. The second kappa shape index (κ2) is 4.80. The van der Waals surface area contributed by atoms with Crippen molar-refractivity contribution >= 4 is 17.3 Å². The van der Waals surface area contributed by atoms with Crippen LogP contribution >= 0.6 is 0 Å². The number of rotatable bonds is 1. The molecule has 1 aromatic carbocycles. The number of benzene rings is 1. The Balaban J connectivity index is 2.00. The zero-order valence-corrected chi connectivity index (χ0v) is 10.8. The highest BCUT2D eigenvalue weighted by Gasteiger charge is 2.25. The van der Waals surface area contributed by atoms with E-state index >= 15 is 0 Å². The van der Waals surface area contributed by atoms with Crippen LogP contribution in [0.5, 0.6) is 0 Å². The first-order chi connectivity index (χ1) is 9.66. The van der Waals surface area contributed by atoms with Crippen LogP contribution in [0.3, 0.4) is 0 Å². The van der Waals surface area contributed by atoms with Gasteiger partial charge in [-0.1, -0.05) is 6.07 Å². The SMILES string of the molecule is Nc1cccc2c1CCCN2C(=O)c1c[nH]c(=O)cn1. The molecule has 0 spiro atoms. The van der Waals surface area contributed by atoms with E-state index < -0.39 is 0 Å². The third-order valence-electron chi connectivity index (χ3n) is 3.42. The highest BCUT2D eigenvalue weighted by Crippen LogP contribution is 2.31. The van der Waals surface area contributed by atoms with Crippen molar-refractivity contribution in [3.8, 4) is 0 Å². The van der Waals surface area contributed by atoms with Crippen molar-refractivity contribution in [2.45, 2.75) is 12.8 Å². The molecule has 2 aromatic rings. The zero-order valence-electron chi connectivity index (χ0n) is 10.8. The summed E-state index contributed by atoms with van der Waals surface area (Å²) in [5, 5.41) is 0. The van der Waals surface area contributed by atoms with Crippen molar-refractivity contribution < 1.29 is 4.79 Å². The van der Waals surface area contributed by atoms with Crippen LogP contribution in [-0.4, -0.2) is 22.4 Å². The summed E-state index contributed by atoms with van der Waals surface area (Å²) < 4.78 is 0. The maximum absolute atomic E-state index is 12.5. The monoisotopic (exact) mass is 270 g/mol. The van der Waals surface area contributed by atoms with E-state index in [0.717, 1.165) is 30.3 Å². The maximum atomic E-state index is 12.5. The van der Waals surface area contributed by atoms with E-state index in [1.54, 1.807) is 4.90 Å². The van der Waals surface area contributed by atoms with E-state index in [0.29, 0.717) is 12.2 Å². The van der Waals surface area contributed by atoms with Crippen LogP contribution in [0.4, 0.5) is 11.4 Å². The molecular weight excluding hydrogens is 256 g/mol. The van der Waals surface area contributed by atoms with Crippen LogP contribution in [0.2, 0.25) is 0 Å². The molecule has 3 rings (SSSR count). The number of H-pyrrole nitrogens is 1. The van der Waals surface area contributed by atoms with Crippen LogP contribution in [-0.2, 0) is 6.42 Å². The molecular formula is C14H14N4O2. The number of carbonyl (C=O) groups excluding carboxylic acids is 1. The van der Waals surface area contributed by atoms with E-state index in [4.69, 9.17) is 5.73 Å². The topological polar surface area (TPSA) is 92.1 Å². The van der Waals surface area contributed by atoms with E-state index in [2.05, 4.69) is 9.97 Å². The van der Waals surface area contributed by atoms with Gasteiger partial charge in [-0.3, -0.25) is 9.59 Å². The molecule has 0 aliphatic carbocycles. The number of hydrogen-bond donors (Lipinski definition) is 2. The van der Waals surface area contributed by atoms with Crippen molar-refractivity contribution in [2.24, 2.45) is 0 Å². The zero-order chi connectivity index (χ0) is 14.1. The minimum atomic E-state index is -0.329. The number of anilines is 2. The van der Waals surface area contributed by atoms with Crippen LogP contribution in [0.15, 0.2) is 35.4 Å². The molecule has 1 aliphatic heterocycles. The second-order valence-corrected chi connectivity index (χ2v) is 4.70. The van der Waals surface area contributed by atoms with Gasteiger partial charge in [0.1, 0.15) is 5.69 Å². The van der Waals surface area contributed by atoms with Gasteiger partial charge in [-0.15, -0.1) is 0 Å². The Morgan fingerprint density at radius 3 is 3.00 bits per heavy atom. The average molecular weight is 270 g/mol. The molecule has 0 bridgehead atoms. The lowest BCUT2D eigenvalue weighted by Crippen LogP contribution is -2.36. The first-order valence-electron chi connectivity index (χ1n) is 6.41. The third-order valence-corrected chi connectivity index (χ3v) is 3.42. The number of fused-ring (bicyclic) bond motifs is 1. The maximum Gasteiger partial charge on any atom is 0.278 e. The molecule has 0 unspecified atom stereocenters. The van der Waals surface area contributed by atoms with E-state index in [-0.39, 0.29) is 17.2 Å². The van der Waals surface area contributed by atoms with Crippen LogP contribution in [0.1, 0.15) is 22.5 Å². The molecule has 2 heterocycles. The standard InChI is InChI=1S/C14H14N4O2/c15-10-4-1-5-12-9(10)3-2-6-18(12)14(20)11-7-17-13(19)8-16-11/h1,4-5,7-8H,2-3,6,15H2,(H,17,19). The second-order valence-electron chi connectivity index (χ2n) is 4.70. The summed E-state index contributed by atoms with van der Waals surface area (Å²) in [4.78, 5) is 31.5. The Morgan fingerprint density at radius 2 is 2.25 bits per heavy atom. The van der Waals surface area contributed by atoms with Gasteiger partial charge in [0, 0.05) is 24.1 Å². The van der Waals surface area contributed by atoms with Crippen molar-refractivity contribution in [1.82, 2.24) is 9.97 Å². The van der Waals surface area contributed by atoms with Crippen molar-refractivity contribution in [1.29, 1.82) is 0 Å². The predicted octanol–water partition coefficient (Wildman–Crippen LogP) is 0.945. The van der Waals surface area contributed by atoms with Crippen LogP contribution in [0.25, 0.3) is 0 Å². The molecule has 20 heavy (non-hydrogen) atoms. The molecule has 0 saturated carbocycles. The van der Waals surface area contributed by atoms with Gasteiger partial charge < -0.3 is 15.6 Å². The Hall–Kier alpha value is -2.63. The molecule has 6 heteroatoms. The van der Waals surface area contributed by atoms with Gasteiger partial charge in [-0.2, -0.15) is 0 Å². The molecule has 0 saturated heterocycles. The fraction of sp³-hybridized carbons (Fsp3) is 0.214. The van der Waals surface area contributed by atoms with E-state index in [1.807, 2.05) is 18.2 Å². The molecule has 6 nitrogen and oxygen atoms in total. The normalized spacial score (nSPS) is 13.9. The quantitative estimate of drug-likeness (QED) is 0.754. The Labute approximate surface area is 115 Å². The summed E-state index contributed by atoms with van der Waals surface area (Å²) in [5.41, 5.74) is 8.38. The lowest BCUT2D eigenvalue weighted by Gasteiger charge is -2.29. The molecule has 0 atom stereocenters. The lowest BCUT2D eigenvalue weighted by atomic mass is 9.99. The summed E-state index contributed by atoms with van der Waals surface area (Å²) in [7, 11) is 0. The van der Waals surface area contributed by atoms with Gasteiger partial charge in [0.15, 0.2) is 0 Å². The number of hydrogen-bond acceptors (Lipinski definition) is 4. The highest BCUT2D eigenvalue weighted by atomic mass is 16.2. The van der Waals surface area contributed by atoms with Gasteiger partial charge >= 0.3 is 0 Å². The van der Waals surface area contributed by atoms with E-state index in [9.17, 15) is 9.59 Å². The molecule has 0 radical (unpaired) electrons. The smallest absolute Gasteiger partial charge is 0.278 e. The first-order valence-corrected chi connectivity index (χ1v) is 6.41. The molecule has 1 amide bonds. The number of aromatic amines is 1. The number of nitrogens with two attached hydrogens (primary N) is 1. The number of nitrogen functional groups attached to an aromatic ring is 1. The van der Waals surface area contributed by atoms with Crippen LogP contribution < -0.4 is 16.2 Å². The number of carbonyl (C=O) groups is 1. The van der Waals surface area contributed by atoms with Gasteiger partial charge in [-0.05, 0) is 30.5 Å². The Kier molecular flexibility index (Phi) is 2.98. The fourth-order valence-electron chi connectivity index (χ4n) is 2.46. The minimum Gasteiger partial charge on any atom is -0.398 e. The molecule has 3 N–H and O–H groups in total. The number of nitrogens with one attached hydrogen (secondary N) is 1. The summed E-state index contributed by atoms with van der Waals surface area (Å²) in [6.07, 6.45) is 4.17. The first kappa shape index (κ1) is 12.4. The van der Waals surface area contributed by atoms with Gasteiger partial charge in [0.05, 0.1) is 6.20 Å². The largest absolute Gasteiger partial charge is 0.398 e. The van der Waals surface area contributed by atoms with Gasteiger partial charge in [0.2, 0.25) is 0 Å². The minimum absolute atomic E-state index is 0.222. The van der Waals surface area contributed by atoms with E-state index in [1.165, 1.54) is 6.20 Å². The molecule has 1 aromatic heterocycles. The summed E-state index contributed by atoms with van der Waals surface area (Å²) in [6, 6.07) is 5.56. The third kappa shape index (κ3) is 2.05. The summed E-state index contributed by atoms with van der Waals surface area (Å²) in [6.45, 7) is 0.621. The number of nitrogens with zero attached hydrogens (tertiary/aromatic N) is 2. The lowest BCUT2D eigenvalue weighted by molar-refractivity contribution is 0.0980. The van der Waals surface area contributed by atoms with Gasteiger partial charge in [0.25, 0.3) is 11.5 Å². The Bertz CT molecular complexity index is 703. The summed E-state index contributed by atoms with van der Waals surface area (Å²) in [5.74, 6) is -0.229. The molecule has 1 aliphatic rings. The van der Waals surface area contributed by atoms with Gasteiger partial charge in [-0.25, -0.2) is 4.98 Å². The number of aromatic nitrogens is 2. The highest BCUT2D eigenvalue weighted by molar-refractivity contribution is 6.05. The molecule has 102 valence electrons. The van der Waals surface area contributed by atoms with Crippen LogP contribution in [0, 0.1) is 0 Å². The van der Waals surface area contributed by atoms with Crippen molar-refractivity contribution in [2.75, 3.05) is 17.2 Å². The van der Waals surface area contributed by atoms with Crippen molar-refractivity contribution in [3.63, 3.8) is 0 Å². The average Bonchev–Trinajstić information content (AvgIpc) is 2.47. The van der Waals surface area contributed by atoms with Crippen molar-refractivity contribution in [3.05, 3.63) is 52.2 Å². The summed E-state index contributed by atoms with van der Waals surface area (Å²) >= 11 is 0. The fourth-order valence-corrected chi connectivity index (χ4v) is 2.46. The Morgan fingerprint density at radius 1 is 1.40 bits per heavy atom. The number of amides is 1.